The molecule has 3 N–H and O–H groups in total. The van der Waals surface area contributed by atoms with Crippen molar-refractivity contribution in [3.8, 4) is 11.3 Å². The molecule has 0 aliphatic carbocycles. The topological polar surface area (TPSA) is 55.9 Å². The summed E-state index contributed by atoms with van der Waals surface area (Å²) in [5.74, 6) is -1.35. The van der Waals surface area contributed by atoms with E-state index in [1.807, 2.05) is 0 Å². The van der Waals surface area contributed by atoms with Gasteiger partial charge in [0.2, 0.25) is 0 Å². The molecule has 0 spiro atoms. The lowest BCUT2D eigenvalue weighted by atomic mass is 9.95. The van der Waals surface area contributed by atoms with Crippen molar-refractivity contribution in [2.24, 2.45) is 5.73 Å². The summed E-state index contributed by atoms with van der Waals surface area (Å²) in [6.45, 7) is 1.48. The molecule has 2 heterocycles. The zero-order chi connectivity index (χ0) is 18.9. The summed E-state index contributed by atoms with van der Waals surface area (Å²) in [4.78, 5) is 4.38. The number of piperidine rings is 1. The number of nitrogens with zero attached hydrogens (tertiary/aromatic N) is 2. The number of aromatic nitrogens is 2. The molecular weight excluding hydrogens is 355 g/mol. The molecule has 2 aromatic rings. The maximum Gasteiger partial charge on any atom is 0.419 e. The van der Waals surface area contributed by atoms with Crippen LogP contribution in [0, 0.1) is 5.82 Å². The first-order valence-corrected chi connectivity index (χ1v) is 8.30. The Hall–Kier alpha value is -2.00. The van der Waals surface area contributed by atoms with E-state index in [9.17, 15) is 22.0 Å². The van der Waals surface area contributed by atoms with Crippen LogP contribution >= 0.6 is 0 Å². The molecule has 0 saturated carbocycles. The first kappa shape index (κ1) is 18.8. The normalized spacial score (nSPS) is 21.2. The van der Waals surface area contributed by atoms with Gasteiger partial charge in [0, 0.05) is 31.4 Å². The summed E-state index contributed by atoms with van der Waals surface area (Å²) in [6, 6.07) is 2.73. The highest BCUT2D eigenvalue weighted by Crippen LogP contribution is 2.35. The Balaban J connectivity index is 2.02. The number of hydrogen-bond donors (Lipinski definition) is 2. The van der Waals surface area contributed by atoms with Crippen LogP contribution in [-0.4, -0.2) is 35.4 Å². The fourth-order valence-corrected chi connectivity index (χ4v) is 3.20. The minimum atomic E-state index is -4.80. The van der Waals surface area contributed by atoms with Crippen LogP contribution in [0.4, 0.5) is 22.0 Å². The highest BCUT2D eigenvalue weighted by Gasteiger charge is 2.35. The number of hydrogen-bond acceptors (Lipinski definition) is 3. The second-order valence-corrected chi connectivity index (χ2v) is 6.27. The van der Waals surface area contributed by atoms with Gasteiger partial charge in [-0.15, -0.1) is 0 Å². The Bertz CT molecular complexity index is 771. The molecule has 0 unspecified atom stereocenters. The van der Waals surface area contributed by atoms with Gasteiger partial charge >= 0.3 is 6.18 Å². The minimum absolute atomic E-state index is 0.125. The van der Waals surface area contributed by atoms with Crippen molar-refractivity contribution in [1.29, 1.82) is 0 Å². The van der Waals surface area contributed by atoms with Gasteiger partial charge < -0.3 is 15.6 Å². The average Bonchev–Trinajstić information content (AvgIpc) is 2.99. The second kappa shape index (κ2) is 7.32. The molecule has 1 fully saturated rings. The Labute approximate surface area is 147 Å². The molecule has 0 amide bonds. The predicted molar refractivity (Wildman–Crippen MR) is 86.8 cm³/mol. The van der Waals surface area contributed by atoms with Gasteiger partial charge in [0.25, 0.3) is 0 Å². The van der Waals surface area contributed by atoms with Crippen LogP contribution in [0.3, 0.4) is 0 Å². The lowest BCUT2D eigenvalue weighted by Gasteiger charge is -2.26. The van der Waals surface area contributed by atoms with Crippen molar-refractivity contribution in [3.63, 3.8) is 0 Å². The third kappa shape index (κ3) is 3.73. The van der Waals surface area contributed by atoms with E-state index in [4.69, 9.17) is 5.73 Å². The van der Waals surface area contributed by atoms with Gasteiger partial charge in [-0.25, -0.2) is 13.8 Å². The summed E-state index contributed by atoms with van der Waals surface area (Å²) in [5.41, 5.74) is 4.60. The maximum atomic E-state index is 14.3. The van der Waals surface area contributed by atoms with Gasteiger partial charge in [0.15, 0.2) is 0 Å². The van der Waals surface area contributed by atoms with E-state index in [2.05, 4.69) is 10.3 Å². The van der Waals surface area contributed by atoms with E-state index in [-0.39, 0.29) is 24.3 Å². The van der Waals surface area contributed by atoms with Crippen LogP contribution in [0.2, 0.25) is 0 Å². The van der Waals surface area contributed by atoms with Crippen molar-refractivity contribution < 1.29 is 22.0 Å². The van der Waals surface area contributed by atoms with Gasteiger partial charge in [0.05, 0.1) is 17.2 Å². The Morgan fingerprint density at radius 1 is 1.31 bits per heavy atom. The molecule has 0 radical (unpaired) electrons. The molecule has 4 nitrogen and oxygen atoms in total. The van der Waals surface area contributed by atoms with Crippen molar-refractivity contribution in [3.05, 3.63) is 41.6 Å². The fourth-order valence-electron chi connectivity index (χ4n) is 3.20. The first-order chi connectivity index (χ1) is 12.3. The van der Waals surface area contributed by atoms with Crippen molar-refractivity contribution in [2.45, 2.75) is 31.2 Å². The van der Waals surface area contributed by atoms with E-state index < -0.39 is 29.6 Å². The zero-order valence-electron chi connectivity index (χ0n) is 13.9. The lowest BCUT2D eigenvalue weighted by molar-refractivity contribution is -0.139. The van der Waals surface area contributed by atoms with E-state index in [0.29, 0.717) is 25.3 Å². The van der Waals surface area contributed by atoms with Crippen molar-refractivity contribution in [2.75, 3.05) is 19.6 Å². The molecule has 2 atom stereocenters. The Morgan fingerprint density at radius 3 is 2.73 bits per heavy atom. The number of rotatable bonds is 4. The molecule has 1 aromatic carbocycles. The highest BCUT2D eigenvalue weighted by atomic mass is 19.4. The smallest absolute Gasteiger partial charge is 0.333 e. The Morgan fingerprint density at radius 2 is 2.08 bits per heavy atom. The molecule has 3 rings (SSSR count). The molecule has 142 valence electrons. The minimum Gasteiger partial charge on any atom is -0.333 e. The number of halogens is 5. The standard InChI is InChI=1S/C17H19F5N4/c18-13-2-1-10(7-12(13)17(20,21)22)15-9-26(6-4-23)16(25-15)11-3-5-24-8-14(11)19/h1-2,7,9,11,14,24H,3-6,8,23H2/t11-,14+/m1/s1. The van der Waals surface area contributed by atoms with E-state index in [0.717, 1.165) is 12.1 Å². The number of nitrogens with one attached hydrogen (secondary N) is 1. The zero-order valence-corrected chi connectivity index (χ0v) is 13.9. The van der Waals surface area contributed by atoms with E-state index in [1.54, 1.807) is 10.8 Å². The van der Waals surface area contributed by atoms with Gasteiger partial charge in [-0.2, -0.15) is 13.2 Å². The summed E-state index contributed by atoms with van der Waals surface area (Å²) in [6.07, 6.45) is -3.87. The van der Waals surface area contributed by atoms with E-state index >= 15 is 0 Å². The second-order valence-electron chi connectivity index (χ2n) is 6.27. The molecule has 1 saturated heterocycles. The quantitative estimate of drug-likeness (QED) is 0.809. The monoisotopic (exact) mass is 374 g/mol. The number of benzene rings is 1. The van der Waals surface area contributed by atoms with Crippen LogP contribution in [0.1, 0.15) is 23.7 Å². The maximum absolute atomic E-state index is 14.3. The van der Waals surface area contributed by atoms with Gasteiger partial charge in [-0.05, 0) is 31.2 Å². The van der Waals surface area contributed by atoms with Crippen molar-refractivity contribution in [1.82, 2.24) is 14.9 Å². The molecule has 1 aromatic heterocycles. The highest BCUT2D eigenvalue weighted by molar-refractivity contribution is 5.60. The Kier molecular flexibility index (Phi) is 5.29. The molecule has 26 heavy (non-hydrogen) atoms. The average molecular weight is 374 g/mol. The molecule has 0 bridgehead atoms. The van der Waals surface area contributed by atoms with Crippen LogP contribution in [-0.2, 0) is 12.7 Å². The van der Waals surface area contributed by atoms with Crippen molar-refractivity contribution >= 4 is 0 Å². The largest absolute Gasteiger partial charge is 0.419 e. The third-order valence-electron chi connectivity index (χ3n) is 4.48. The number of alkyl halides is 4. The number of nitrogens with two attached hydrogens (primary N) is 1. The van der Waals surface area contributed by atoms with Crippen LogP contribution in [0.15, 0.2) is 24.4 Å². The summed E-state index contributed by atoms with van der Waals surface area (Å²) in [5, 5.41) is 2.95. The SMILES string of the molecule is NCCn1cc(-c2ccc(F)c(C(F)(F)F)c2)nc1[C@@H]1CCNC[C@@H]1F. The number of imidazole rings is 1. The summed E-state index contributed by atoms with van der Waals surface area (Å²) in [7, 11) is 0. The lowest BCUT2D eigenvalue weighted by Crippen LogP contribution is -2.38. The van der Waals surface area contributed by atoms with Gasteiger partial charge in [0.1, 0.15) is 17.8 Å². The molecule has 9 heteroatoms. The summed E-state index contributed by atoms with van der Waals surface area (Å²) < 4.78 is 68.3. The van der Waals surface area contributed by atoms with Gasteiger partial charge in [-0.3, -0.25) is 0 Å². The predicted octanol–water partition coefficient (Wildman–Crippen LogP) is 3.08. The van der Waals surface area contributed by atoms with E-state index in [1.165, 1.54) is 6.07 Å². The van der Waals surface area contributed by atoms with Crippen LogP contribution < -0.4 is 11.1 Å². The third-order valence-corrected chi connectivity index (χ3v) is 4.48. The fraction of sp³-hybridized carbons (Fsp3) is 0.471. The molecule has 1 aliphatic heterocycles. The van der Waals surface area contributed by atoms with Crippen LogP contribution in [0.5, 0.6) is 0 Å². The molecule has 1 aliphatic rings. The van der Waals surface area contributed by atoms with Gasteiger partial charge in [-0.1, -0.05) is 0 Å². The molecular formula is C17H19F5N4. The summed E-state index contributed by atoms with van der Waals surface area (Å²) >= 11 is 0. The van der Waals surface area contributed by atoms with Crippen LogP contribution in [0.25, 0.3) is 11.3 Å². The first-order valence-electron chi connectivity index (χ1n) is 8.30.